The zero-order valence-corrected chi connectivity index (χ0v) is 15.4. The molecule has 28 heavy (non-hydrogen) atoms. The highest BCUT2D eigenvalue weighted by Crippen LogP contribution is 2.41. The van der Waals surface area contributed by atoms with Crippen LogP contribution in [0.1, 0.15) is 15.9 Å². The maximum absolute atomic E-state index is 11.7. The summed E-state index contributed by atoms with van der Waals surface area (Å²) in [5.41, 5.74) is 8.39. The monoisotopic (exact) mass is 376 g/mol. The van der Waals surface area contributed by atoms with Gasteiger partial charge in [0, 0.05) is 23.6 Å². The normalized spacial score (nSPS) is 15.1. The molecule has 0 saturated heterocycles. The van der Waals surface area contributed by atoms with Crippen LogP contribution in [-0.4, -0.2) is 30.7 Å². The van der Waals surface area contributed by atoms with Crippen molar-refractivity contribution in [3.63, 3.8) is 0 Å². The van der Waals surface area contributed by atoms with Crippen LogP contribution in [0.15, 0.2) is 60.7 Å². The number of primary amides is 1. The molecule has 1 aromatic heterocycles. The van der Waals surface area contributed by atoms with Crippen molar-refractivity contribution in [1.82, 2.24) is 4.98 Å². The third-order valence-electron chi connectivity index (χ3n) is 4.63. The molecule has 6 heteroatoms. The number of fused-ring (bicyclic) bond motifs is 1. The molecule has 4 rings (SSSR count). The number of rotatable bonds is 5. The van der Waals surface area contributed by atoms with Crippen molar-refractivity contribution in [3.05, 3.63) is 71.8 Å². The van der Waals surface area contributed by atoms with Gasteiger partial charge in [0.15, 0.2) is 11.5 Å². The molecule has 0 aliphatic carbocycles. The first-order valence-electron chi connectivity index (χ1n) is 8.97. The van der Waals surface area contributed by atoms with Crippen molar-refractivity contribution in [2.45, 2.75) is 12.5 Å². The van der Waals surface area contributed by atoms with Crippen LogP contribution in [0.2, 0.25) is 0 Å². The van der Waals surface area contributed by atoms with E-state index in [0.29, 0.717) is 36.0 Å². The molecule has 1 aliphatic heterocycles. The van der Waals surface area contributed by atoms with E-state index in [1.807, 2.05) is 42.5 Å². The van der Waals surface area contributed by atoms with E-state index in [1.54, 1.807) is 25.3 Å². The number of aromatic nitrogens is 1. The molecular weight excluding hydrogens is 356 g/mol. The summed E-state index contributed by atoms with van der Waals surface area (Å²) in [7, 11) is 1.58. The molecule has 0 saturated carbocycles. The number of carbonyl (C=O) groups is 1. The van der Waals surface area contributed by atoms with Gasteiger partial charge in [-0.1, -0.05) is 30.3 Å². The van der Waals surface area contributed by atoms with E-state index in [4.69, 9.17) is 19.9 Å². The topological polar surface area (TPSA) is 83.7 Å². The van der Waals surface area contributed by atoms with Crippen molar-refractivity contribution in [3.8, 4) is 28.6 Å². The smallest absolute Gasteiger partial charge is 0.248 e. The number of hydrogen-bond donors (Lipinski definition) is 1. The van der Waals surface area contributed by atoms with E-state index in [2.05, 4.69) is 4.98 Å². The predicted octanol–water partition coefficient (Wildman–Crippen LogP) is 3.24. The molecule has 3 aromatic rings. The highest BCUT2D eigenvalue weighted by Gasteiger charge is 2.26. The lowest BCUT2D eigenvalue weighted by Gasteiger charge is -2.28. The van der Waals surface area contributed by atoms with Gasteiger partial charge in [0.25, 0.3) is 0 Å². The van der Waals surface area contributed by atoms with Crippen LogP contribution in [0.25, 0.3) is 11.3 Å². The molecule has 2 N–H and O–H groups in total. The molecule has 2 heterocycles. The van der Waals surface area contributed by atoms with Gasteiger partial charge in [0.1, 0.15) is 12.7 Å². The number of amides is 1. The Morgan fingerprint density at radius 3 is 2.79 bits per heavy atom. The lowest BCUT2D eigenvalue weighted by Crippen LogP contribution is -2.32. The van der Waals surface area contributed by atoms with Crippen molar-refractivity contribution < 1.29 is 19.0 Å². The number of carbonyl (C=O) groups excluding carboxylic acids is 1. The number of nitrogens with two attached hydrogens (primary N) is 1. The predicted molar refractivity (Wildman–Crippen MR) is 105 cm³/mol. The third-order valence-corrected chi connectivity index (χ3v) is 4.63. The molecule has 0 bridgehead atoms. The SMILES string of the molecule is COc1cccc(-c2cccc3c2O[C@H](Cc2ccccc2C(N)=O)CO3)n1. The molecule has 6 nitrogen and oxygen atoms in total. The Morgan fingerprint density at radius 2 is 1.96 bits per heavy atom. The second kappa shape index (κ2) is 7.60. The summed E-state index contributed by atoms with van der Waals surface area (Å²) in [5, 5.41) is 0. The van der Waals surface area contributed by atoms with Crippen LogP contribution in [0.5, 0.6) is 17.4 Å². The summed E-state index contributed by atoms with van der Waals surface area (Å²) < 4.78 is 17.4. The number of benzene rings is 2. The lowest BCUT2D eigenvalue weighted by molar-refractivity contribution is 0.0911. The van der Waals surface area contributed by atoms with E-state index in [-0.39, 0.29) is 6.10 Å². The van der Waals surface area contributed by atoms with Crippen LogP contribution in [0, 0.1) is 0 Å². The third kappa shape index (κ3) is 3.49. The second-order valence-electron chi connectivity index (χ2n) is 6.47. The molecule has 2 aromatic carbocycles. The van der Waals surface area contributed by atoms with Crippen LogP contribution >= 0.6 is 0 Å². The molecule has 1 amide bonds. The standard InChI is InChI=1S/C22H20N2O4/c1-26-20-11-5-9-18(24-20)17-8-4-10-19-21(17)28-15(13-27-19)12-14-6-2-3-7-16(14)22(23)25/h2-11,15H,12-13H2,1H3,(H2,23,25)/t15-/m1/s1. The number of para-hydroxylation sites is 1. The summed E-state index contributed by atoms with van der Waals surface area (Å²) in [5.74, 6) is 1.38. The first kappa shape index (κ1) is 17.9. The van der Waals surface area contributed by atoms with Crippen molar-refractivity contribution in [2.24, 2.45) is 5.73 Å². The van der Waals surface area contributed by atoms with Gasteiger partial charge in [-0.25, -0.2) is 4.98 Å². The Hall–Kier alpha value is -3.54. The van der Waals surface area contributed by atoms with Crippen LogP contribution in [0.4, 0.5) is 0 Å². The largest absolute Gasteiger partial charge is 0.486 e. The van der Waals surface area contributed by atoms with Crippen LogP contribution in [0.3, 0.4) is 0 Å². The number of nitrogens with zero attached hydrogens (tertiary/aromatic N) is 1. The van der Waals surface area contributed by atoms with Gasteiger partial charge in [-0.2, -0.15) is 0 Å². The minimum absolute atomic E-state index is 0.250. The van der Waals surface area contributed by atoms with Gasteiger partial charge in [0.2, 0.25) is 11.8 Å². The van der Waals surface area contributed by atoms with Gasteiger partial charge in [-0.15, -0.1) is 0 Å². The van der Waals surface area contributed by atoms with Crippen molar-refractivity contribution in [2.75, 3.05) is 13.7 Å². The van der Waals surface area contributed by atoms with Crippen molar-refractivity contribution >= 4 is 5.91 Å². The first-order chi connectivity index (χ1) is 13.7. The summed E-state index contributed by atoms with van der Waals surface area (Å²) in [4.78, 5) is 16.2. The Morgan fingerprint density at radius 1 is 1.14 bits per heavy atom. The Balaban J connectivity index is 1.64. The molecule has 1 aliphatic rings. The van der Waals surface area contributed by atoms with Gasteiger partial charge in [-0.3, -0.25) is 4.79 Å². The number of pyridine rings is 1. The maximum atomic E-state index is 11.7. The molecule has 0 radical (unpaired) electrons. The van der Waals surface area contributed by atoms with Crippen LogP contribution in [-0.2, 0) is 6.42 Å². The zero-order chi connectivity index (χ0) is 19.5. The van der Waals surface area contributed by atoms with E-state index in [0.717, 1.165) is 16.8 Å². The second-order valence-corrected chi connectivity index (χ2v) is 6.47. The highest BCUT2D eigenvalue weighted by molar-refractivity contribution is 5.94. The Kier molecular flexibility index (Phi) is 4.85. The molecule has 0 spiro atoms. The maximum Gasteiger partial charge on any atom is 0.248 e. The van der Waals surface area contributed by atoms with Crippen LogP contribution < -0.4 is 19.9 Å². The first-order valence-corrected chi connectivity index (χ1v) is 8.97. The molecule has 142 valence electrons. The van der Waals surface area contributed by atoms with E-state index < -0.39 is 5.91 Å². The minimum atomic E-state index is -0.450. The zero-order valence-electron chi connectivity index (χ0n) is 15.4. The fourth-order valence-electron chi connectivity index (χ4n) is 3.30. The Labute approximate surface area is 162 Å². The average molecular weight is 376 g/mol. The molecule has 1 atom stereocenters. The summed E-state index contributed by atoms with van der Waals surface area (Å²) in [6.45, 7) is 0.384. The fraction of sp³-hybridized carbons (Fsp3) is 0.182. The van der Waals surface area contributed by atoms with Gasteiger partial charge >= 0.3 is 0 Å². The summed E-state index contributed by atoms with van der Waals surface area (Å²) in [6.07, 6.45) is 0.262. The molecule has 0 fully saturated rings. The number of ether oxygens (including phenoxy) is 3. The fourth-order valence-corrected chi connectivity index (χ4v) is 3.30. The number of methoxy groups -OCH3 is 1. The average Bonchev–Trinajstić information content (AvgIpc) is 2.73. The number of hydrogen-bond acceptors (Lipinski definition) is 5. The summed E-state index contributed by atoms with van der Waals surface area (Å²) in [6, 6.07) is 18.6. The van der Waals surface area contributed by atoms with Gasteiger partial charge in [-0.05, 0) is 29.8 Å². The van der Waals surface area contributed by atoms with E-state index in [9.17, 15) is 4.79 Å². The molecular formula is C22H20N2O4. The summed E-state index contributed by atoms with van der Waals surface area (Å²) >= 11 is 0. The van der Waals surface area contributed by atoms with Gasteiger partial charge < -0.3 is 19.9 Å². The Bertz CT molecular complexity index is 1020. The van der Waals surface area contributed by atoms with E-state index in [1.165, 1.54) is 0 Å². The molecule has 0 unspecified atom stereocenters. The minimum Gasteiger partial charge on any atom is -0.486 e. The lowest BCUT2D eigenvalue weighted by atomic mass is 10.0. The highest BCUT2D eigenvalue weighted by atomic mass is 16.6. The van der Waals surface area contributed by atoms with Crippen molar-refractivity contribution in [1.29, 1.82) is 0 Å². The quantitative estimate of drug-likeness (QED) is 0.739. The van der Waals surface area contributed by atoms with Gasteiger partial charge in [0.05, 0.1) is 12.8 Å². The van der Waals surface area contributed by atoms with E-state index >= 15 is 0 Å².